The maximum absolute atomic E-state index is 14.1. The van der Waals surface area contributed by atoms with Crippen molar-refractivity contribution in [2.75, 3.05) is 0 Å². The minimum absolute atomic E-state index is 0.0920. The number of allylic oxidation sites excluding steroid dienone is 1. The number of hydrazone groups is 1. The third-order valence-electron chi connectivity index (χ3n) is 5.70. The maximum Gasteiger partial charge on any atom is 0.201 e. The largest absolute Gasteiger partial charge is 0.303 e. The number of benzene rings is 2. The van der Waals surface area contributed by atoms with Crippen molar-refractivity contribution in [2.24, 2.45) is 15.3 Å². The van der Waals surface area contributed by atoms with Gasteiger partial charge >= 0.3 is 0 Å². The second kappa shape index (κ2) is 6.23. The minimum Gasteiger partial charge on any atom is -0.303 e. The number of rotatable bonds is 4. The molecule has 0 amide bonds. The van der Waals surface area contributed by atoms with Gasteiger partial charge < -0.3 is 5.43 Å². The summed E-state index contributed by atoms with van der Waals surface area (Å²) in [6, 6.07) is 19.7. The highest BCUT2D eigenvalue weighted by Gasteiger charge is 2.56. The summed E-state index contributed by atoms with van der Waals surface area (Å²) in [5, 5.41) is 13.1. The van der Waals surface area contributed by atoms with Gasteiger partial charge in [0.2, 0.25) is 5.78 Å². The molecule has 2 aliphatic heterocycles. The number of nitrogens with one attached hydrogen (secondary N) is 1. The second-order valence-electron chi connectivity index (χ2n) is 8.35. The van der Waals surface area contributed by atoms with E-state index < -0.39 is 16.5 Å². The first-order chi connectivity index (χ1) is 13.3. The lowest BCUT2D eigenvalue weighted by Crippen LogP contribution is -2.56. The van der Waals surface area contributed by atoms with Crippen molar-refractivity contribution < 1.29 is 4.79 Å². The molecule has 0 saturated carbocycles. The van der Waals surface area contributed by atoms with Crippen molar-refractivity contribution in [1.29, 1.82) is 0 Å². The second-order valence-corrected chi connectivity index (χ2v) is 8.35. The molecule has 0 aromatic heterocycles. The molecule has 28 heavy (non-hydrogen) atoms. The first kappa shape index (κ1) is 18.3. The van der Waals surface area contributed by atoms with Gasteiger partial charge in [-0.2, -0.15) is 15.3 Å². The van der Waals surface area contributed by atoms with Gasteiger partial charge in [-0.1, -0.05) is 60.7 Å². The van der Waals surface area contributed by atoms with Gasteiger partial charge in [0.05, 0.1) is 5.54 Å². The molecule has 4 rings (SSSR count). The molecule has 1 unspecified atom stereocenters. The molecule has 2 aliphatic rings. The van der Waals surface area contributed by atoms with Crippen molar-refractivity contribution in [3.05, 3.63) is 77.5 Å². The Balaban J connectivity index is 1.95. The number of ketones is 1. The molecular weight excluding hydrogens is 348 g/mol. The SMILES string of the molecule is CC1(C)N=NC(C(=O)C2(c3ccccc3)C=NNC2(C)C)=C1c1ccccc1. The summed E-state index contributed by atoms with van der Waals surface area (Å²) in [6.07, 6.45) is 1.72. The third kappa shape index (κ3) is 2.53. The van der Waals surface area contributed by atoms with E-state index in [-0.39, 0.29) is 5.78 Å². The summed E-state index contributed by atoms with van der Waals surface area (Å²) >= 11 is 0. The fraction of sp³-hybridized carbons (Fsp3) is 0.304. The Morgan fingerprint density at radius 1 is 0.893 bits per heavy atom. The van der Waals surface area contributed by atoms with E-state index in [9.17, 15) is 4.79 Å². The molecule has 0 bridgehead atoms. The average molecular weight is 372 g/mol. The highest BCUT2D eigenvalue weighted by Crippen LogP contribution is 2.46. The van der Waals surface area contributed by atoms with Crippen LogP contribution in [-0.4, -0.2) is 23.1 Å². The van der Waals surface area contributed by atoms with Gasteiger partial charge in [-0.25, -0.2) is 0 Å². The van der Waals surface area contributed by atoms with Crippen LogP contribution >= 0.6 is 0 Å². The zero-order chi connectivity index (χ0) is 20.0. The van der Waals surface area contributed by atoms with Crippen molar-refractivity contribution in [2.45, 2.75) is 44.2 Å². The number of carbonyl (C=O) groups is 1. The average Bonchev–Trinajstić information content (AvgIpc) is 3.18. The predicted molar refractivity (Wildman–Crippen MR) is 111 cm³/mol. The van der Waals surface area contributed by atoms with Crippen LogP contribution in [0.2, 0.25) is 0 Å². The molecule has 2 heterocycles. The number of hydrogen-bond donors (Lipinski definition) is 1. The van der Waals surface area contributed by atoms with Crippen LogP contribution in [0.5, 0.6) is 0 Å². The Kier molecular flexibility index (Phi) is 4.07. The summed E-state index contributed by atoms with van der Waals surface area (Å²) in [7, 11) is 0. The van der Waals surface area contributed by atoms with Crippen molar-refractivity contribution in [1.82, 2.24) is 5.43 Å². The molecule has 0 fully saturated rings. The fourth-order valence-electron chi connectivity index (χ4n) is 4.16. The van der Waals surface area contributed by atoms with Gasteiger partial charge in [0.15, 0.2) is 0 Å². The standard InChI is InChI=1S/C23H24N4O/c1-21(2)18(16-11-7-5-8-12-16)19(25-26-21)20(28)23(15-24-27-22(23,3)4)17-13-9-6-10-14-17/h5-15,27H,1-4H3. The zero-order valence-electron chi connectivity index (χ0n) is 16.6. The molecule has 1 N–H and O–H groups in total. The van der Waals surface area contributed by atoms with Crippen LogP contribution in [0.15, 0.2) is 81.7 Å². The monoisotopic (exact) mass is 372 g/mol. The van der Waals surface area contributed by atoms with Crippen LogP contribution in [0.1, 0.15) is 38.8 Å². The normalized spacial score (nSPS) is 24.4. The lowest BCUT2D eigenvalue weighted by atomic mass is 9.64. The highest BCUT2D eigenvalue weighted by atomic mass is 16.1. The quantitative estimate of drug-likeness (QED) is 0.858. The molecule has 0 spiro atoms. The lowest BCUT2D eigenvalue weighted by Gasteiger charge is -2.38. The number of carbonyl (C=O) groups excluding carboxylic acids is 1. The first-order valence-electron chi connectivity index (χ1n) is 9.44. The van der Waals surface area contributed by atoms with Gasteiger partial charge in [-0.15, -0.1) is 0 Å². The van der Waals surface area contributed by atoms with Gasteiger partial charge in [0.1, 0.15) is 16.7 Å². The van der Waals surface area contributed by atoms with E-state index >= 15 is 0 Å². The van der Waals surface area contributed by atoms with Crippen LogP contribution in [0.25, 0.3) is 5.57 Å². The maximum atomic E-state index is 14.1. The molecule has 2 aromatic carbocycles. The number of hydrogen-bond acceptors (Lipinski definition) is 5. The van der Waals surface area contributed by atoms with Crippen molar-refractivity contribution >= 4 is 17.6 Å². The van der Waals surface area contributed by atoms with Crippen molar-refractivity contribution in [3.63, 3.8) is 0 Å². The summed E-state index contributed by atoms with van der Waals surface area (Å²) in [5.74, 6) is -0.0920. The van der Waals surface area contributed by atoms with Gasteiger partial charge in [-0.05, 0) is 38.8 Å². The molecule has 1 atom stereocenters. The van der Waals surface area contributed by atoms with Gasteiger partial charge in [-0.3, -0.25) is 4.79 Å². The van der Waals surface area contributed by atoms with E-state index in [1.54, 1.807) is 6.21 Å². The molecule has 0 aliphatic carbocycles. The first-order valence-corrected chi connectivity index (χ1v) is 9.44. The lowest BCUT2D eigenvalue weighted by molar-refractivity contribution is -0.120. The van der Waals surface area contributed by atoms with E-state index in [2.05, 4.69) is 20.8 Å². The topological polar surface area (TPSA) is 66.2 Å². The van der Waals surface area contributed by atoms with E-state index in [1.807, 2.05) is 88.4 Å². The van der Waals surface area contributed by atoms with Crippen LogP contribution in [0.4, 0.5) is 0 Å². The number of azo groups is 1. The van der Waals surface area contributed by atoms with Crippen LogP contribution in [0, 0.1) is 0 Å². The highest BCUT2D eigenvalue weighted by molar-refractivity contribution is 6.19. The molecule has 5 nitrogen and oxygen atoms in total. The summed E-state index contributed by atoms with van der Waals surface area (Å²) < 4.78 is 0. The predicted octanol–water partition coefficient (Wildman–Crippen LogP) is 4.52. The van der Waals surface area contributed by atoms with Crippen LogP contribution in [0.3, 0.4) is 0 Å². The smallest absolute Gasteiger partial charge is 0.201 e. The van der Waals surface area contributed by atoms with Crippen LogP contribution < -0.4 is 5.43 Å². The Morgan fingerprint density at radius 3 is 2.07 bits per heavy atom. The van der Waals surface area contributed by atoms with E-state index in [4.69, 9.17) is 0 Å². The summed E-state index contributed by atoms with van der Waals surface area (Å²) in [4.78, 5) is 14.1. The molecular formula is C23H24N4O. The van der Waals surface area contributed by atoms with Crippen molar-refractivity contribution in [3.8, 4) is 0 Å². The van der Waals surface area contributed by atoms with E-state index in [1.165, 1.54) is 0 Å². The van der Waals surface area contributed by atoms with E-state index in [0.29, 0.717) is 5.70 Å². The number of nitrogens with zero attached hydrogens (tertiary/aromatic N) is 3. The zero-order valence-corrected chi connectivity index (χ0v) is 16.6. The van der Waals surface area contributed by atoms with E-state index in [0.717, 1.165) is 16.7 Å². The fourth-order valence-corrected chi connectivity index (χ4v) is 4.16. The van der Waals surface area contributed by atoms with Gasteiger partial charge in [0, 0.05) is 11.8 Å². The minimum atomic E-state index is -0.969. The Bertz CT molecular complexity index is 1000. The van der Waals surface area contributed by atoms with Gasteiger partial charge in [0.25, 0.3) is 0 Å². The Hall–Kier alpha value is -3.08. The third-order valence-corrected chi connectivity index (χ3v) is 5.70. The molecule has 0 saturated heterocycles. The molecule has 2 aromatic rings. The summed E-state index contributed by atoms with van der Waals surface area (Å²) in [5.41, 5.74) is 4.08. The molecule has 0 radical (unpaired) electrons. The number of Topliss-reactive ketones (excluding diaryl/α,β-unsaturated/α-hetero) is 1. The molecule has 5 heteroatoms. The summed E-state index contributed by atoms with van der Waals surface area (Å²) in [6.45, 7) is 7.96. The Morgan fingerprint density at radius 2 is 1.50 bits per heavy atom. The van der Waals surface area contributed by atoms with Crippen LogP contribution in [-0.2, 0) is 10.2 Å². The Labute approximate surface area is 165 Å². The molecule has 142 valence electrons.